The smallest absolute Gasteiger partial charge is 0.340 e. The van der Waals surface area contributed by atoms with Crippen LogP contribution in [0.25, 0.3) is 0 Å². The molecule has 0 spiro atoms. The van der Waals surface area contributed by atoms with Gasteiger partial charge in [0.2, 0.25) is 11.7 Å². The highest BCUT2D eigenvalue weighted by atomic mass is 32.2. The van der Waals surface area contributed by atoms with Crippen LogP contribution in [0, 0.1) is 0 Å². The van der Waals surface area contributed by atoms with Crippen LogP contribution in [0.3, 0.4) is 0 Å². The Morgan fingerprint density at radius 2 is 2.07 bits per heavy atom. The first-order valence-electron chi connectivity index (χ1n) is 8.76. The van der Waals surface area contributed by atoms with E-state index >= 15 is 0 Å². The van der Waals surface area contributed by atoms with E-state index in [1.54, 1.807) is 17.0 Å². The molecule has 0 saturated heterocycles. The summed E-state index contributed by atoms with van der Waals surface area (Å²) in [7, 11) is -3.47. The van der Waals surface area contributed by atoms with Crippen molar-refractivity contribution in [3.05, 3.63) is 45.8 Å². The number of rotatable bonds is 7. The topological polar surface area (TPSA) is 122 Å². The average Bonchev–Trinajstić information content (AvgIpc) is 3.13. The van der Waals surface area contributed by atoms with E-state index in [0.29, 0.717) is 17.8 Å². The fourth-order valence-corrected chi connectivity index (χ4v) is 4.53. The number of ketones is 1. The van der Waals surface area contributed by atoms with Gasteiger partial charge in [-0.15, -0.1) is 15.7 Å². The van der Waals surface area contributed by atoms with E-state index in [2.05, 4.69) is 9.71 Å². The molecule has 3 rings (SSSR count). The van der Waals surface area contributed by atoms with Crippen LogP contribution >= 0.6 is 11.3 Å². The second-order valence-electron chi connectivity index (χ2n) is 6.34. The maximum Gasteiger partial charge on any atom is 0.340 e. The average molecular weight is 437 g/mol. The maximum absolute atomic E-state index is 12.3. The third-order valence-corrected chi connectivity index (χ3v) is 6.43. The number of nitrogens with zero attached hydrogens (tertiary/aromatic N) is 2. The minimum atomic E-state index is -3.47. The van der Waals surface area contributed by atoms with E-state index in [1.807, 2.05) is 0 Å². The molecular weight excluding hydrogens is 418 g/mol. The van der Waals surface area contributed by atoms with Crippen LogP contribution in [-0.2, 0) is 30.8 Å². The Hall–Kier alpha value is -2.79. The molecule has 1 aromatic rings. The first-order chi connectivity index (χ1) is 13.7. The van der Waals surface area contributed by atoms with Crippen molar-refractivity contribution in [3.63, 3.8) is 0 Å². The molecule has 0 unspecified atom stereocenters. The van der Waals surface area contributed by atoms with E-state index in [4.69, 9.17) is 4.74 Å². The van der Waals surface area contributed by atoms with Crippen molar-refractivity contribution in [3.8, 4) is 0 Å². The van der Waals surface area contributed by atoms with E-state index in [-0.39, 0.29) is 35.4 Å². The second-order valence-corrected chi connectivity index (χ2v) is 9.27. The van der Waals surface area contributed by atoms with E-state index < -0.39 is 22.6 Å². The Morgan fingerprint density at radius 1 is 1.28 bits per heavy atom. The standard InChI is InChI=1S/C18H19N3O6S2/c1-12(22)19-7-6-14-3-4-16(28-14)15(23)11-27-18(24)13-2-5-17-20-29(25,26)9-8-21(17)10-13/h2-5,10H,6-9,11H2,1H3,(H,19,22). The molecule has 0 atom stereocenters. The highest BCUT2D eigenvalue weighted by molar-refractivity contribution is 7.90. The molecular formula is C18H19N3O6S2. The second kappa shape index (κ2) is 8.70. The van der Waals surface area contributed by atoms with Crippen molar-refractivity contribution in [2.75, 3.05) is 25.4 Å². The van der Waals surface area contributed by atoms with Gasteiger partial charge in [0.25, 0.3) is 10.0 Å². The minimum Gasteiger partial charge on any atom is -0.454 e. The van der Waals surface area contributed by atoms with Crippen molar-refractivity contribution in [1.82, 2.24) is 10.2 Å². The molecule has 1 aromatic heterocycles. The zero-order chi connectivity index (χ0) is 21.0. The van der Waals surface area contributed by atoms with Gasteiger partial charge in [-0.05, 0) is 30.7 Å². The van der Waals surface area contributed by atoms with Gasteiger partial charge in [0.05, 0.1) is 16.2 Å². The predicted molar refractivity (Wildman–Crippen MR) is 107 cm³/mol. The number of amides is 1. The molecule has 0 saturated carbocycles. The molecule has 0 bridgehead atoms. The number of nitrogens with one attached hydrogen (secondary N) is 1. The zero-order valence-corrected chi connectivity index (χ0v) is 17.2. The van der Waals surface area contributed by atoms with Crippen molar-refractivity contribution >= 4 is 44.9 Å². The van der Waals surface area contributed by atoms with Gasteiger partial charge in [-0.1, -0.05) is 0 Å². The van der Waals surface area contributed by atoms with Gasteiger partial charge in [-0.3, -0.25) is 9.59 Å². The number of amidine groups is 1. The number of fused-ring (bicyclic) bond motifs is 1. The third kappa shape index (κ3) is 5.61. The highest BCUT2D eigenvalue weighted by Crippen LogP contribution is 2.19. The molecule has 154 valence electrons. The summed E-state index contributed by atoms with van der Waals surface area (Å²) in [5, 5.41) is 2.69. The number of carbonyl (C=O) groups is 3. The summed E-state index contributed by atoms with van der Waals surface area (Å²) in [4.78, 5) is 38.3. The number of hydrogen-bond donors (Lipinski definition) is 1. The molecule has 9 nitrogen and oxygen atoms in total. The largest absolute Gasteiger partial charge is 0.454 e. The summed E-state index contributed by atoms with van der Waals surface area (Å²) in [6.07, 6.45) is 4.92. The first kappa shape index (κ1) is 20.9. The van der Waals surface area contributed by atoms with Crippen LogP contribution in [0.1, 0.15) is 21.5 Å². The molecule has 0 fully saturated rings. The van der Waals surface area contributed by atoms with Crippen molar-refractivity contribution in [2.45, 2.75) is 13.3 Å². The summed E-state index contributed by atoms with van der Waals surface area (Å²) in [6, 6.07) is 3.47. The zero-order valence-electron chi connectivity index (χ0n) is 15.6. The Kier molecular flexibility index (Phi) is 6.28. The SMILES string of the molecule is CC(=O)NCCc1ccc(C(=O)COC(=O)C2=CN3CCS(=O)(=O)N=C3C=C2)s1. The van der Waals surface area contributed by atoms with Crippen LogP contribution in [0.15, 0.2) is 40.5 Å². The van der Waals surface area contributed by atoms with Crippen molar-refractivity contribution < 1.29 is 27.5 Å². The number of thiophene rings is 1. The summed E-state index contributed by atoms with van der Waals surface area (Å²) in [5.41, 5.74) is 0.207. The fourth-order valence-electron chi connectivity index (χ4n) is 2.63. The third-order valence-electron chi connectivity index (χ3n) is 4.08. The lowest BCUT2D eigenvalue weighted by molar-refractivity contribution is -0.137. The van der Waals surface area contributed by atoms with Crippen molar-refractivity contribution in [2.24, 2.45) is 4.40 Å². The van der Waals surface area contributed by atoms with E-state index in [1.165, 1.54) is 36.6 Å². The number of carbonyl (C=O) groups excluding carboxylic acids is 3. The molecule has 29 heavy (non-hydrogen) atoms. The molecule has 3 heterocycles. The van der Waals surface area contributed by atoms with Crippen LogP contribution in [-0.4, -0.2) is 62.3 Å². The van der Waals surface area contributed by atoms with Gasteiger partial charge in [0.1, 0.15) is 5.84 Å². The predicted octanol–water partition coefficient (Wildman–Crippen LogP) is 0.650. The maximum atomic E-state index is 12.3. The Bertz CT molecular complexity index is 1040. The van der Waals surface area contributed by atoms with Gasteiger partial charge in [-0.2, -0.15) is 0 Å². The van der Waals surface area contributed by atoms with Crippen molar-refractivity contribution in [1.29, 1.82) is 0 Å². The highest BCUT2D eigenvalue weighted by Gasteiger charge is 2.25. The quantitative estimate of drug-likeness (QED) is 0.491. The molecule has 0 aromatic carbocycles. The molecule has 0 aliphatic carbocycles. The number of sulfonamides is 1. The van der Waals surface area contributed by atoms with Crippen LogP contribution in [0.4, 0.5) is 0 Å². The Morgan fingerprint density at radius 3 is 2.83 bits per heavy atom. The fraction of sp³-hybridized carbons (Fsp3) is 0.333. The lowest BCUT2D eigenvalue weighted by Crippen LogP contribution is -2.37. The molecule has 2 aliphatic rings. The molecule has 1 N–H and O–H groups in total. The number of ether oxygens (including phenoxy) is 1. The number of Topliss-reactive ketones (excluding diaryl/α,β-unsaturated/α-hetero) is 1. The number of esters is 1. The minimum absolute atomic E-state index is 0.111. The number of hydrogen-bond acceptors (Lipinski definition) is 8. The van der Waals surface area contributed by atoms with Gasteiger partial charge in [-0.25, -0.2) is 13.2 Å². The summed E-state index contributed by atoms with van der Waals surface area (Å²) >= 11 is 1.29. The molecule has 11 heteroatoms. The van der Waals surface area contributed by atoms with E-state index in [0.717, 1.165) is 4.88 Å². The van der Waals surface area contributed by atoms with E-state index in [9.17, 15) is 22.8 Å². The van der Waals surface area contributed by atoms with Crippen LogP contribution in [0.2, 0.25) is 0 Å². The summed E-state index contributed by atoms with van der Waals surface area (Å²) in [6.45, 7) is 1.72. The summed E-state index contributed by atoms with van der Waals surface area (Å²) < 4.78 is 31.7. The normalized spacial score (nSPS) is 17.1. The Labute approximate surface area is 171 Å². The lowest BCUT2D eigenvalue weighted by atomic mass is 10.2. The van der Waals surface area contributed by atoms with Gasteiger partial charge >= 0.3 is 5.97 Å². The summed E-state index contributed by atoms with van der Waals surface area (Å²) in [5.74, 6) is -0.996. The molecule has 0 radical (unpaired) electrons. The van der Waals surface area contributed by atoms with Crippen LogP contribution < -0.4 is 5.32 Å². The van der Waals surface area contributed by atoms with Gasteiger partial charge in [0, 0.05) is 31.1 Å². The van der Waals surface area contributed by atoms with Gasteiger partial charge < -0.3 is 15.0 Å². The molecule has 2 aliphatic heterocycles. The van der Waals surface area contributed by atoms with Gasteiger partial charge in [0.15, 0.2) is 6.61 Å². The monoisotopic (exact) mass is 437 g/mol. The van der Waals surface area contributed by atoms with Crippen LogP contribution in [0.5, 0.6) is 0 Å². The Balaban J connectivity index is 1.53. The molecule has 1 amide bonds. The lowest BCUT2D eigenvalue weighted by Gasteiger charge is -2.26. The first-order valence-corrected chi connectivity index (χ1v) is 11.2.